The molecule has 4 rings (SSSR count). The lowest BCUT2D eigenvalue weighted by Gasteiger charge is -2.32. The summed E-state index contributed by atoms with van der Waals surface area (Å²) in [6, 6.07) is 18.5. The molecule has 2 amide bonds. The predicted octanol–water partition coefficient (Wildman–Crippen LogP) is 5.93. The molecule has 1 saturated carbocycles. The highest BCUT2D eigenvalue weighted by Crippen LogP contribution is 2.27. The molecular formula is C33H40FN3O4S. The van der Waals surface area contributed by atoms with Crippen molar-refractivity contribution in [2.45, 2.75) is 82.8 Å². The standard InChI is InChI=1S/C33H40FN3O4S/c1-23(2)27-13-17-30(18-14-27)37(42(40,41)31-19-9-24(3)10-20-31)22-32(38)36(21-26-11-15-28(34)16-12-26)25(4)33(39)35-29-7-5-6-8-29/h9-20,23,25,29H,5-8,21-22H2,1-4H3,(H,35,39). The smallest absolute Gasteiger partial charge is 0.264 e. The van der Waals surface area contributed by atoms with E-state index >= 15 is 0 Å². The van der Waals surface area contributed by atoms with E-state index < -0.39 is 34.3 Å². The van der Waals surface area contributed by atoms with Gasteiger partial charge in [0.05, 0.1) is 10.6 Å². The zero-order chi connectivity index (χ0) is 30.4. The van der Waals surface area contributed by atoms with E-state index in [0.29, 0.717) is 11.3 Å². The van der Waals surface area contributed by atoms with Gasteiger partial charge in [-0.1, -0.05) is 68.7 Å². The molecule has 0 spiro atoms. The summed E-state index contributed by atoms with van der Waals surface area (Å²) in [6.45, 7) is 7.10. The Morgan fingerprint density at radius 2 is 1.50 bits per heavy atom. The highest BCUT2D eigenvalue weighted by atomic mass is 32.2. The number of aryl methyl sites for hydroxylation is 1. The Morgan fingerprint density at radius 1 is 0.905 bits per heavy atom. The van der Waals surface area contributed by atoms with Crippen LogP contribution in [0.1, 0.15) is 69.1 Å². The summed E-state index contributed by atoms with van der Waals surface area (Å²) < 4.78 is 42.7. The second-order valence-electron chi connectivity index (χ2n) is 11.4. The molecule has 9 heteroatoms. The van der Waals surface area contributed by atoms with Gasteiger partial charge in [-0.15, -0.1) is 0 Å². The zero-order valence-electron chi connectivity index (χ0n) is 24.7. The zero-order valence-corrected chi connectivity index (χ0v) is 25.5. The number of benzene rings is 3. The Hall–Kier alpha value is -3.72. The minimum absolute atomic E-state index is 0.0169. The van der Waals surface area contributed by atoms with Crippen LogP contribution in [0, 0.1) is 12.7 Å². The van der Waals surface area contributed by atoms with Crippen LogP contribution in [-0.4, -0.2) is 43.8 Å². The molecule has 0 aliphatic heterocycles. The molecule has 0 aromatic heterocycles. The van der Waals surface area contributed by atoms with Gasteiger partial charge in [0.15, 0.2) is 0 Å². The van der Waals surface area contributed by atoms with Crippen LogP contribution in [0.15, 0.2) is 77.7 Å². The third-order valence-electron chi connectivity index (χ3n) is 7.87. The Bertz CT molecular complexity index is 1470. The maximum Gasteiger partial charge on any atom is 0.264 e. The minimum Gasteiger partial charge on any atom is -0.352 e. The quantitative estimate of drug-likeness (QED) is 0.299. The first kappa shape index (κ1) is 31.2. The van der Waals surface area contributed by atoms with Crippen molar-refractivity contribution in [2.75, 3.05) is 10.8 Å². The molecule has 1 aliphatic rings. The van der Waals surface area contributed by atoms with Crippen molar-refractivity contribution < 1.29 is 22.4 Å². The number of nitrogens with one attached hydrogen (secondary N) is 1. The third kappa shape index (κ3) is 7.56. The second kappa shape index (κ2) is 13.5. The average molecular weight is 594 g/mol. The first-order valence-electron chi connectivity index (χ1n) is 14.5. The number of amides is 2. The summed E-state index contributed by atoms with van der Waals surface area (Å²) >= 11 is 0. The van der Waals surface area contributed by atoms with E-state index in [1.54, 1.807) is 43.3 Å². The van der Waals surface area contributed by atoms with E-state index in [0.717, 1.165) is 41.1 Å². The lowest BCUT2D eigenvalue weighted by atomic mass is 10.0. The summed E-state index contributed by atoms with van der Waals surface area (Å²) in [6.07, 6.45) is 3.86. The third-order valence-corrected chi connectivity index (χ3v) is 9.66. The van der Waals surface area contributed by atoms with E-state index in [9.17, 15) is 22.4 Å². The molecule has 224 valence electrons. The van der Waals surface area contributed by atoms with Crippen molar-refractivity contribution in [2.24, 2.45) is 0 Å². The van der Waals surface area contributed by atoms with Crippen LogP contribution in [-0.2, 0) is 26.2 Å². The van der Waals surface area contributed by atoms with E-state index in [4.69, 9.17) is 0 Å². The van der Waals surface area contributed by atoms with E-state index in [-0.39, 0.29) is 29.3 Å². The van der Waals surface area contributed by atoms with Crippen LogP contribution < -0.4 is 9.62 Å². The lowest BCUT2D eigenvalue weighted by molar-refractivity contribution is -0.139. The number of halogens is 1. The van der Waals surface area contributed by atoms with Gasteiger partial charge in [0, 0.05) is 12.6 Å². The van der Waals surface area contributed by atoms with Gasteiger partial charge in [0.2, 0.25) is 11.8 Å². The predicted molar refractivity (Wildman–Crippen MR) is 163 cm³/mol. The van der Waals surface area contributed by atoms with Crippen LogP contribution in [0.2, 0.25) is 0 Å². The summed E-state index contributed by atoms with van der Waals surface area (Å²) in [7, 11) is -4.14. The van der Waals surface area contributed by atoms with Crippen LogP contribution in [0.4, 0.5) is 10.1 Å². The summed E-state index contributed by atoms with van der Waals surface area (Å²) in [4.78, 5) is 28.8. The topological polar surface area (TPSA) is 86.8 Å². The fourth-order valence-electron chi connectivity index (χ4n) is 5.15. The van der Waals surface area contributed by atoms with E-state index in [2.05, 4.69) is 5.32 Å². The van der Waals surface area contributed by atoms with Crippen LogP contribution in [0.5, 0.6) is 0 Å². The Kier molecular flexibility index (Phi) is 10.0. The Morgan fingerprint density at radius 3 is 2.07 bits per heavy atom. The van der Waals surface area contributed by atoms with Crippen LogP contribution in [0.3, 0.4) is 0 Å². The molecule has 42 heavy (non-hydrogen) atoms. The number of sulfonamides is 1. The monoisotopic (exact) mass is 593 g/mol. The molecule has 3 aromatic carbocycles. The first-order chi connectivity index (χ1) is 20.0. The molecule has 0 bridgehead atoms. The van der Waals surface area contributed by atoms with Crippen molar-refractivity contribution in [3.63, 3.8) is 0 Å². The van der Waals surface area contributed by atoms with E-state index in [1.165, 1.54) is 29.2 Å². The molecule has 1 fully saturated rings. The van der Waals surface area contributed by atoms with Gasteiger partial charge in [-0.3, -0.25) is 13.9 Å². The fourth-order valence-corrected chi connectivity index (χ4v) is 6.57. The average Bonchev–Trinajstić information content (AvgIpc) is 3.48. The van der Waals surface area contributed by atoms with Crippen molar-refractivity contribution >= 4 is 27.5 Å². The molecule has 1 N–H and O–H groups in total. The first-order valence-corrected chi connectivity index (χ1v) is 15.9. The van der Waals surface area contributed by atoms with Crippen molar-refractivity contribution in [3.8, 4) is 0 Å². The molecule has 1 aliphatic carbocycles. The number of nitrogens with zero attached hydrogens (tertiary/aromatic N) is 2. The molecule has 0 heterocycles. The maximum atomic E-state index is 14.1. The Labute approximate surface area is 248 Å². The molecule has 1 unspecified atom stereocenters. The number of hydrogen-bond acceptors (Lipinski definition) is 4. The van der Waals surface area contributed by atoms with Crippen molar-refractivity contribution in [1.82, 2.24) is 10.2 Å². The molecule has 7 nitrogen and oxygen atoms in total. The van der Waals surface area contributed by atoms with E-state index in [1.807, 2.05) is 32.9 Å². The van der Waals surface area contributed by atoms with Gasteiger partial charge >= 0.3 is 0 Å². The van der Waals surface area contributed by atoms with Gasteiger partial charge in [-0.05, 0) is 80.1 Å². The Balaban J connectivity index is 1.69. The summed E-state index contributed by atoms with van der Waals surface area (Å²) in [5.41, 5.74) is 2.91. The van der Waals surface area contributed by atoms with Crippen LogP contribution >= 0.6 is 0 Å². The maximum absolute atomic E-state index is 14.1. The fraction of sp³-hybridized carbons (Fsp3) is 0.394. The van der Waals surface area contributed by atoms with Crippen LogP contribution in [0.25, 0.3) is 0 Å². The SMILES string of the molecule is Cc1ccc(S(=O)(=O)N(CC(=O)N(Cc2ccc(F)cc2)C(C)C(=O)NC2CCCC2)c2ccc(C(C)C)cc2)cc1. The summed E-state index contributed by atoms with van der Waals surface area (Å²) in [5, 5.41) is 3.05. The molecule has 0 radical (unpaired) electrons. The summed E-state index contributed by atoms with van der Waals surface area (Å²) in [5.74, 6) is -1.01. The van der Waals surface area contributed by atoms with Gasteiger partial charge in [0.25, 0.3) is 10.0 Å². The number of anilines is 1. The van der Waals surface area contributed by atoms with Crippen molar-refractivity contribution in [3.05, 3.63) is 95.3 Å². The highest BCUT2D eigenvalue weighted by Gasteiger charge is 2.33. The van der Waals surface area contributed by atoms with Gasteiger partial charge in [-0.2, -0.15) is 0 Å². The number of hydrogen-bond donors (Lipinski definition) is 1. The lowest BCUT2D eigenvalue weighted by Crippen LogP contribution is -2.52. The van der Waals surface area contributed by atoms with Gasteiger partial charge in [-0.25, -0.2) is 12.8 Å². The molecule has 1 atom stereocenters. The largest absolute Gasteiger partial charge is 0.352 e. The normalized spacial score (nSPS) is 14.5. The highest BCUT2D eigenvalue weighted by molar-refractivity contribution is 7.92. The van der Waals surface area contributed by atoms with Gasteiger partial charge < -0.3 is 10.2 Å². The number of rotatable bonds is 11. The number of carbonyl (C=O) groups excluding carboxylic acids is 2. The number of carbonyl (C=O) groups is 2. The molecule has 0 saturated heterocycles. The van der Waals surface area contributed by atoms with Gasteiger partial charge in [0.1, 0.15) is 18.4 Å². The molecular weight excluding hydrogens is 553 g/mol. The minimum atomic E-state index is -4.14. The van der Waals surface area contributed by atoms with Crippen molar-refractivity contribution in [1.29, 1.82) is 0 Å². The second-order valence-corrected chi connectivity index (χ2v) is 13.2. The molecule has 3 aromatic rings.